The van der Waals surface area contributed by atoms with Gasteiger partial charge in [-0.15, -0.1) is 0 Å². The zero-order valence-corrected chi connectivity index (χ0v) is 34.3. The number of aliphatic hydroxyl groups is 2. The zero-order chi connectivity index (χ0) is 42.6. The third-order valence-electron chi connectivity index (χ3n) is 11.6. The van der Waals surface area contributed by atoms with E-state index in [4.69, 9.17) is 0 Å². The van der Waals surface area contributed by atoms with Gasteiger partial charge in [0.2, 0.25) is 0 Å². The molecule has 58 heavy (non-hydrogen) atoms. The minimum absolute atomic E-state index is 0.182. The topological polar surface area (TPSA) is 50.3 Å². The van der Waals surface area contributed by atoms with Crippen molar-refractivity contribution in [1.82, 2.24) is 9.13 Å². The predicted molar refractivity (Wildman–Crippen MR) is 196 cm³/mol. The molecule has 0 bridgehead atoms. The van der Waals surface area contributed by atoms with Crippen molar-refractivity contribution in [3.8, 4) is 0 Å². The zero-order valence-electron chi connectivity index (χ0n) is 31.7. The Labute approximate surface area is 337 Å². The Morgan fingerprint density at radius 2 is 0.810 bits per heavy atom. The fourth-order valence-electron chi connectivity index (χ4n) is 8.46. The van der Waals surface area contributed by atoms with Gasteiger partial charge in [-0.05, 0) is 55.5 Å². The van der Waals surface area contributed by atoms with E-state index in [-0.39, 0.29) is 9.13 Å². The second-order valence-electron chi connectivity index (χ2n) is 15.6. The Hall–Kier alpha value is -2.09. The normalized spacial score (nSPS) is 19.0. The maximum absolute atomic E-state index is 13.5. The molecule has 2 aromatic carbocycles. The van der Waals surface area contributed by atoms with E-state index in [0.29, 0.717) is 13.5 Å². The summed E-state index contributed by atoms with van der Waals surface area (Å²) in [6.07, 6.45) is -1.73. The summed E-state index contributed by atoms with van der Waals surface area (Å²) >= 11 is -1.85. The molecule has 4 nitrogen and oxygen atoms in total. The summed E-state index contributed by atoms with van der Waals surface area (Å²) in [6.45, 7) is -4.67. The Kier molecular flexibility index (Phi) is 15.3. The second-order valence-corrected chi connectivity index (χ2v) is 20.4. The molecular formula is C40H49F12N2O2PRu. The van der Waals surface area contributed by atoms with Gasteiger partial charge in [0.15, 0.2) is 0 Å². The van der Waals surface area contributed by atoms with Gasteiger partial charge in [-0.25, -0.2) is 0 Å². The van der Waals surface area contributed by atoms with Crippen molar-refractivity contribution in [2.75, 3.05) is 0 Å². The summed E-state index contributed by atoms with van der Waals surface area (Å²) in [6, 6.07) is 11.2. The first kappa shape index (κ1) is 47.0. The van der Waals surface area contributed by atoms with Crippen LogP contribution in [0.3, 0.4) is 0 Å². The van der Waals surface area contributed by atoms with Crippen molar-refractivity contribution in [3.05, 3.63) is 64.2 Å². The molecule has 0 radical (unpaired) electrons. The van der Waals surface area contributed by atoms with Gasteiger partial charge in [-0.2, -0.15) is 0 Å². The molecule has 0 spiro atoms. The molecule has 18 heteroatoms. The van der Waals surface area contributed by atoms with E-state index in [1.165, 1.54) is 65.1 Å². The van der Waals surface area contributed by atoms with Crippen molar-refractivity contribution in [1.29, 1.82) is 0 Å². The van der Waals surface area contributed by atoms with Crippen LogP contribution < -0.4 is 0 Å². The Morgan fingerprint density at radius 1 is 0.500 bits per heavy atom. The van der Waals surface area contributed by atoms with Crippen LogP contribution in [0.4, 0.5) is 52.7 Å². The number of fused-ring (bicyclic) bond motifs is 1. The van der Waals surface area contributed by atoms with Gasteiger partial charge >= 0.3 is 217 Å². The van der Waals surface area contributed by atoms with Gasteiger partial charge in [0.05, 0.1) is 0 Å². The monoisotopic (exact) mass is 950 g/mol. The van der Waals surface area contributed by atoms with Crippen molar-refractivity contribution < 1.29 is 79.1 Å². The molecule has 1 aromatic heterocycles. The number of para-hydroxylation sites is 2. The van der Waals surface area contributed by atoms with Crippen molar-refractivity contribution >= 4 is 23.6 Å². The maximum atomic E-state index is 13.5. The number of aromatic nitrogens is 2. The molecule has 2 N–H and O–H groups in total. The predicted octanol–water partition coefficient (Wildman–Crippen LogP) is 12.1. The van der Waals surface area contributed by atoms with Gasteiger partial charge in [0, 0.05) is 0 Å². The van der Waals surface area contributed by atoms with E-state index in [9.17, 15) is 62.9 Å². The second kappa shape index (κ2) is 18.9. The van der Waals surface area contributed by atoms with Crippen LogP contribution in [-0.2, 0) is 29.3 Å². The van der Waals surface area contributed by atoms with Gasteiger partial charge in [0.1, 0.15) is 0 Å². The van der Waals surface area contributed by atoms with E-state index in [2.05, 4.69) is 0 Å². The fourth-order valence-corrected chi connectivity index (χ4v) is 15.2. The fraction of sp³-hybridized carbons (Fsp3) is 0.650. The first-order chi connectivity index (χ1) is 27.1. The first-order valence-electron chi connectivity index (χ1n) is 19.6. The average molecular weight is 950 g/mol. The molecule has 3 aliphatic rings. The number of benzene rings is 2. The summed E-state index contributed by atoms with van der Waals surface area (Å²) in [5.41, 5.74) is -8.25. The van der Waals surface area contributed by atoms with E-state index < -0.39 is 80.3 Å². The van der Waals surface area contributed by atoms with Crippen LogP contribution in [0.15, 0.2) is 54.6 Å². The number of nitrogens with zero attached hydrogens (tertiary/aromatic N) is 2. The molecule has 0 atom stereocenters. The van der Waals surface area contributed by atoms with Crippen LogP contribution in [0, 0.1) is 4.01 Å². The molecule has 0 unspecified atom stereocenters. The number of alkyl halides is 12. The number of imidazole rings is 1. The minimum atomic E-state index is -6.34. The van der Waals surface area contributed by atoms with Crippen molar-refractivity contribution in [2.24, 2.45) is 0 Å². The van der Waals surface area contributed by atoms with E-state index in [1.54, 1.807) is 83.1 Å². The number of hydrogen-bond acceptors (Lipinski definition) is 2. The van der Waals surface area contributed by atoms with Crippen LogP contribution in [0.5, 0.6) is 0 Å². The van der Waals surface area contributed by atoms with Gasteiger partial charge < -0.3 is 0 Å². The molecule has 1 heterocycles. The molecule has 0 aliphatic heterocycles. The molecule has 6 rings (SSSR count). The van der Waals surface area contributed by atoms with Gasteiger partial charge in [-0.1, -0.05) is 65.7 Å². The van der Waals surface area contributed by atoms with Crippen LogP contribution in [0.2, 0.25) is 0 Å². The first-order valence-corrected chi connectivity index (χ1v) is 23.0. The molecule has 3 aromatic rings. The van der Waals surface area contributed by atoms with Crippen LogP contribution in [-0.4, -0.2) is 76.8 Å². The van der Waals surface area contributed by atoms with Crippen LogP contribution in [0.25, 0.3) is 11.0 Å². The molecule has 3 fully saturated rings. The number of halogens is 12. The molecule has 3 saturated carbocycles. The molecular weight excluding hydrogens is 900 g/mol. The quantitative estimate of drug-likeness (QED) is 0.134. The Balaban J connectivity index is 0.000000279. The van der Waals surface area contributed by atoms with Crippen LogP contribution in [0.1, 0.15) is 102 Å². The molecule has 0 saturated heterocycles. The Morgan fingerprint density at radius 3 is 1.12 bits per heavy atom. The van der Waals surface area contributed by atoms with Crippen molar-refractivity contribution in [2.45, 2.75) is 162 Å². The SMILES string of the molecule is C1CCC(P(C2CCCCC2)C2CCCCC2)CC1.OC(Cn1[c](=[Ru]=[CH]c2ccccc2)n(CC(O)(C(F)(F)F)C(F)(F)F)c2ccccc21)(C(F)(F)F)C(F)(F)F. The van der Waals surface area contributed by atoms with Gasteiger partial charge in [-0.3, -0.25) is 0 Å². The Bertz CT molecular complexity index is 1730. The number of rotatable bonds is 8. The molecule has 0 amide bonds. The summed E-state index contributed by atoms with van der Waals surface area (Å²) in [7, 11) is 0.385. The van der Waals surface area contributed by atoms with Crippen LogP contribution >= 0.6 is 7.92 Å². The van der Waals surface area contributed by atoms with E-state index in [1.807, 2.05) is 0 Å². The van der Waals surface area contributed by atoms with E-state index >= 15 is 0 Å². The summed E-state index contributed by atoms with van der Waals surface area (Å²) in [5.74, 6) is 0. The number of hydrogen-bond donors (Lipinski definition) is 2. The van der Waals surface area contributed by atoms with E-state index in [0.717, 1.165) is 24.3 Å². The van der Waals surface area contributed by atoms with Gasteiger partial charge in [0.25, 0.3) is 0 Å². The summed E-state index contributed by atoms with van der Waals surface area (Å²) in [5, 5.41) is 19.6. The third kappa shape index (κ3) is 10.5. The summed E-state index contributed by atoms with van der Waals surface area (Å²) < 4.78 is 163. The molecule has 328 valence electrons. The average Bonchev–Trinajstić information content (AvgIpc) is 3.45. The van der Waals surface area contributed by atoms with Crippen molar-refractivity contribution in [3.63, 3.8) is 0 Å². The summed E-state index contributed by atoms with van der Waals surface area (Å²) in [4.78, 5) is 0. The molecule has 3 aliphatic carbocycles. The standard InChI is InChI=1S/C18H33P.C15H10F12N2O2.C7H6.Ru/c1-4-10-16(11-5-1)19(17-12-6-2-7-13-17)18-14-8-3-9-15-18;16-12(17,18)10(30,13(19,20)21)5-28-7-29(9-4-2-1-3-8(9)28)6-11(31,14(22,23)24)15(25,26)27;1-7-5-3-2-4-6-7;/h16-18H,1-15H2;1-4,30-31H,5-6H2;1-6H;. The third-order valence-corrected chi connectivity index (χ3v) is 17.9.